The SMILES string of the molecule is CCn1c(=O)n(C(C)C)c(=O)c2c1nc(N1CCCCC1)n2Cc1c(F)cccc1Cl. The summed E-state index contributed by atoms with van der Waals surface area (Å²) in [6, 6.07) is 4.23. The maximum absolute atomic E-state index is 14.7. The van der Waals surface area contributed by atoms with Gasteiger partial charge in [-0.2, -0.15) is 4.98 Å². The lowest BCUT2D eigenvalue weighted by Crippen LogP contribution is -2.41. The minimum absolute atomic E-state index is 0.0586. The van der Waals surface area contributed by atoms with Gasteiger partial charge >= 0.3 is 5.69 Å². The first-order valence-electron chi connectivity index (χ1n) is 10.8. The molecule has 7 nitrogen and oxygen atoms in total. The van der Waals surface area contributed by atoms with Gasteiger partial charge in [0.1, 0.15) is 5.82 Å². The van der Waals surface area contributed by atoms with E-state index in [1.807, 2.05) is 6.92 Å². The number of hydrogen-bond acceptors (Lipinski definition) is 4. The molecule has 0 atom stereocenters. The lowest BCUT2D eigenvalue weighted by molar-refractivity contribution is 0.517. The Labute approximate surface area is 184 Å². The lowest BCUT2D eigenvalue weighted by Gasteiger charge is -2.28. The van der Waals surface area contributed by atoms with E-state index in [1.165, 1.54) is 15.2 Å². The van der Waals surface area contributed by atoms with Crippen molar-refractivity contribution in [3.05, 3.63) is 55.4 Å². The van der Waals surface area contributed by atoms with E-state index < -0.39 is 11.4 Å². The summed E-state index contributed by atoms with van der Waals surface area (Å²) in [6.07, 6.45) is 3.16. The van der Waals surface area contributed by atoms with E-state index in [2.05, 4.69) is 4.90 Å². The van der Waals surface area contributed by atoms with Gasteiger partial charge < -0.3 is 4.90 Å². The monoisotopic (exact) mass is 447 g/mol. The van der Waals surface area contributed by atoms with Crippen LogP contribution in [0, 0.1) is 5.82 Å². The van der Waals surface area contributed by atoms with Gasteiger partial charge in [-0.3, -0.25) is 18.5 Å². The summed E-state index contributed by atoms with van der Waals surface area (Å²) < 4.78 is 19.2. The highest BCUT2D eigenvalue weighted by Gasteiger charge is 2.26. The topological polar surface area (TPSA) is 65.1 Å². The Kier molecular flexibility index (Phi) is 5.92. The van der Waals surface area contributed by atoms with Gasteiger partial charge in [-0.1, -0.05) is 17.7 Å². The van der Waals surface area contributed by atoms with Crippen LogP contribution < -0.4 is 16.1 Å². The molecule has 0 N–H and O–H groups in total. The van der Waals surface area contributed by atoms with Crippen LogP contribution in [-0.4, -0.2) is 31.8 Å². The molecule has 0 amide bonds. The molecule has 1 fully saturated rings. The summed E-state index contributed by atoms with van der Waals surface area (Å²) in [5.74, 6) is 0.140. The molecule has 1 aliphatic heterocycles. The van der Waals surface area contributed by atoms with E-state index in [9.17, 15) is 14.0 Å². The number of piperidine rings is 1. The highest BCUT2D eigenvalue weighted by atomic mass is 35.5. The summed E-state index contributed by atoms with van der Waals surface area (Å²) in [5.41, 5.74) is 0.139. The molecule has 1 aromatic carbocycles. The average molecular weight is 448 g/mol. The number of aromatic nitrogens is 4. The van der Waals surface area contributed by atoms with Gasteiger partial charge in [0.15, 0.2) is 11.2 Å². The summed E-state index contributed by atoms with van der Waals surface area (Å²) in [7, 11) is 0. The maximum Gasteiger partial charge on any atom is 0.332 e. The number of aryl methyl sites for hydroxylation is 1. The zero-order chi connectivity index (χ0) is 22.3. The van der Waals surface area contributed by atoms with Crippen molar-refractivity contribution in [2.45, 2.75) is 59.2 Å². The normalized spacial score (nSPS) is 14.7. The highest BCUT2D eigenvalue weighted by molar-refractivity contribution is 6.31. The predicted molar refractivity (Wildman–Crippen MR) is 121 cm³/mol. The van der Waals surface area contributed by atoms with Crippen LogP contribution in [0.4, 0.5) is 10.3 Å². The highest BCUT2D eigenvalue weighted by Crippen LogP contribution is 2.27. The van der Waals surface area contributed by atoms with Gasteiger partial charge in [-0.15, -0.1) is 0 Å². The molecular formula is C22H27ClFN5O2. The van der Waals surface area contributed by atoms with Crippen molar-refractivity contribution in [1.29, 1.82) is 0 Å². The second-order valence-corrected chi connectivity index (χ2v) is 8.62. The Morgan fingerprint density at radius 1 is 1.13 bits per heavy atom. The molecule has 3 heterocycles. The van der Waals surface area contributed by atoms with Crippen LogP contribution in [0.1, 0.15) is 51.6 Å². The fourth-order valence-electron chi connectivity index (χ4n) is 4.32. The average Bonchev–Trinajstić information content (AvgIpc) is 3.11. The third-order valence-corrected chi connectivity index (χ3v) is 6.25. The summed E-state index contributed by atoms with van der Waals surface area (Å²) in [5, 5.41) is 0.291. The summed E-state index contributed by atoms with van der Waals surface area (Å²) in [4.78, 5) is 33.4. The van der Waals surface area contributed by atoms with E-state index in [4.69, 9.17) is 16.6 Å². The molecule has 4 rings (SSSR count). The molecular weight excluding hydrogens is 421 g/mol. The smallest absolute Gasteiger partial charge is 0.332 e. The van der Waals surface area contributed by atoms with Crippen LogP contribution >= 0.6 is 11.6 Å². The van der Waals surface area contributed by atoms with Crippen molar-refractivity contribution in [1.82, 2.24) is 18.7 Å². The molecule has 3 aromatic rings. The number of halogens is 2. The minimum Gasteiger partial charge on any atom is -0.342 e. The van der Waals surface area contributed by atoms with Gasteiger partial charge in [-0.05, 0) is 52.2 Å². The molecule has 0 saturated carbocycles. The van der Waals surface area contributed by atoms with Gasteiger partial charge in [0.25, 0.3) is 5.56 Å². The van der Waals surface area contributed by atoms with E-state index in [0.29, 0.717) is 34.2 Å². The standard InChI is InChI=1S/C22H27ClFN5O2/c1-4-27-19-18(20(30)29(14(2)3)22(27)31)28(13-15-16(23)9-8-10-17(15)24)21(25-19)26-11-6-5-7-12-26/h8-10,14H,4-7,11-13H2,1-3H3. The molecule has 1 aliphatic rings. The van der Waals surface area contributed by atoms with E-state index >= 15 is 0 Å². The van der Waals surface area contributed by atoms with Gasteiger partial charge in [0, 0.05) is 36.3 Å². The third-order valence-electron chi connectivity index (χ3n) is 5.89. The maximum atomic E-state index is 14.7. The van der Waals surface area contributed by atoms with Crippen molar-refractivity contribution in [3.8, 4) is 0 Å². The molecule has 166 valence electrons. The van der Waals surface area contributed by atoms with Crippen LogP contribution in [0.15, 0.2) is 27.8 Å². The number of rotatable bonds is 5. The first kappa shape index (κ1) is 21.6. The van der Waals surface area contributed by atoms with Gasteiger partial charge in [-0.25, -0.2) is 9.18 Å². The zero-order valence-electron chi connectivity index (χ0n) is 18.1. The molecule has 0 unspecified atom stereocenters. The van der Waals surface area contributed by atoms with Crippen LogP contribution in [0.5, 0.6) is 0 Å². The largest absolute Gasteiger partial charge is 0.342 e. The number of benzene rings is 1. The molecule has 1 saturated heterocycles. The number of fused-ring (bicyclic) bond motifs is 1. The van der Waals surface area contributed by atoms with Gasteiger partial charge in [0.2, 0.25) is 5.95 Å². The van der Waals surface area contributed by atoms with Crippen LogP contribution in [0.3, 0.4) is 0 Å². The number of hydrogen-bond donors (Lipinski definition) is 0. The minimum atomic E-state index is -0.438. The van der Waals surface area contributed by atoms with Crippen molar-refractivity contribution in [2.75, 3.05) is 18.0 Å². The number of anilines is 1. The molecule has 2 aromatic heterocycles. The Bertz CT molecular complexity index is 1220. The Morgan fingerprint density at radius 2 is 1.84 bits per heavy atom. The number of imidazole rings is 1. The Balaban J connectivity index is 2.06. The first-order chi connectivity index (χ1) is 14.8. The van der Waals surface area contributed by atoms with Crippen molar-refractivity contribution in [3.63, 3.8) is 0 Å². The molecule has 0 spiro atoms. The molecule has 0 radical (unpaired) electrons. The third kappa shape index (κ3) is 3.67. The zero-order valence-corrected chi connectivity index (χ0v) is 18.8. The Hall–Kier alpha value is -2.61. The number of nitrogens with zero attached hydrogens (tertiary/aromatic N) is 5. The molecule has 0 aliphatic carbocycles. The van der Waals surface area contributed by atoms with Crippen LogP contribution in [-0.2, 0) is 13.1 Å². The van der Waals surface area contributed by atoms with Crippen molar-refractivity contribution >= 4 is 28.7 Å². The summed E-state index contributed by atoms with van der Waals surface area (Å²) in [6.45, 7) is 7.47. The lowest BCUT2D eigenvalue weighted by atomic mass is 10.1. The Morgan fingerprint density at radius 3 is 2.45 bits per heavy atom. The van der Waals surface area contributed by atoms with Gasteiger partial charge in [0.05, 0.1) is 6.54 Å². The van der Waals surface area contributed by atoms with E-state index in [-0.39, 0.29) is 18.3 Å². The fourth-order valence-corrected chi connectivity index (χ4v) is 4.54. The first-order valence-corrected chi connectivity index (χ1v) is 11.2. The molecule has 31 heavy (non-hydrogen) atoms. The van der Waals surface area contributed by atoms with Crippen molar-refractivity contribution in [2.24, 2.45) is 0 Å². The van der Waals surface area contributed by atoms with Crippen LogP contribution in [0.25, 0.3) is 11.2 Å². The van der Waals surface area contributed by atoms with E-state index in [0.717, 1.165) is 32.4 Å². The summed E-state index contributed by atoms with van der Waals surface area (Å²) >= 11 is 6.32. The van der Waals surface area contributed by atoms with Crippen molar-refractivity contribution < 1.29 is 4.39 Å². The second-order valence-electron chi connectivity index (χ2n) is 8.21. The second kappa shape index (κ2) is 8.49. The fraction of sp³-hybridized carbons (Fsp3) is 0.500. The predicted octanol–water partition coefficient (Wildman–Crippen LogP) is 3.79. The van der Waals surface area contributed by atoms with Crippen LogP contribution in [0.2, 0.25) is 5.02 Å². The quantitative estimate of drug-likeness (QED) is 0.597. The molecule has 0 bridgehead atoms. The molecule has 9 heteroatoms. The van der Waals surface area contributed by atoms with E-state index in [1.54, 1.807) is 30.5 Å².